The molecule has 21 heavy (non-hydrogen) atoms. The van der Waals surface area contributed by atoms with Gasteiger partial charge in [-0.2, -0.15) is 0 Å². The summed E-state index contributed by atoms with van der Waals surface area (Å²) in [6.45, 7) is 12.2. The second-order valence-electron chi connectivity index (χ2n) is 6.91. The second-order valence-corrected chi connectivity index (χ2v) is 6.91. The number of aliphatic imine (C=N–C) groups is 1. The molecule has 0 saturated carbocycles. The van der Waals surface area contributed by atoms with Crippen LogP contribution in [-0.4, -0.2) is 55.3 Å². The van der Waals surface area contributed by atoms with Gasteiger partial charge in [0.15, 0.2) is 5.96 Å². The summed E-state index contributed by atoms with van der Waals surface area (Å²) < 4.78 is 5.33. The molecule has 1 rings (SSSR count). The third-order valence-corrected chi connectivity index (χ3v) is 3.11. The molecule has 6 nitrogen and oxygen atoms in total. The molecule has 0 bridgehead atoms. The highest BCUT2D eigenvalue weighted by Crippen LogP contribution is 2.15. The van der Waals surface area contributed by atoms with Crippen LogP contribution in [0.1, 0.15) is 41.0 Å². The van der Waals surface area contributed by atoms with Crippen LogP contribution in [0.4, 0.5) is 4.79 Å². The first kappa shape index (κ1) is 17.6. The van der Waals surface area contributed by atoms with Crippen LogP contribution in [0.2, 0.25) is 0 Å². The Labute approximate surface area is 128 Å². The molecule has 0 aromatic rings. The highest BCUT2D eigenvalue weighted by molar-refractivity contribution is 5.80. The normalized spacial score (nSPS) is 16.7. The Bertz CT molecular complexity index is 368. The van der Waals surface area contributed by atoms with Gasteiger partial charge in [-0.15, -0.1) is 0 Å². The molecule has 0 spiro atoms. The number of nitrogens with one attached hydrogen (secondary N) is 2. The first-order chi connectivity index (χ1) is 9.71. The van der Waals surface area contributed by atoms with Gasteiger partial charge in [0.2, 0.25) is 0 Å². The van der Waals surface area contributed by atoms with Crippen LogP contribution < -0.4 is 10.6 Å². The van der Waals surface area contributed by atoms with Crippen molar-refractivity contribution in [1.82, 2.24) is 15.5 Å². The lowest BCUT2D eigenvalue weighted by molar-refractivity contribution is 0.00701. The third-order valence-electron chi connectivity index (χ3n) is 3.11. The molecular weight excluding hydrogens is 268 g/mol. The maximum atomic E-state index is 11.8. The van der Waals surface area contributed by atoms with Gasteiger partial charge in [-0.25, -0.2) is 4.79 Å². The Balaban J connectivity index is 2.25. The summed E-state index contributed by atoms with van der Waals surface area (Å²) in [7, 11) is 1.76. The summed E-state index contributed by atoms with van der Waals surface area (Å²) in [5, 5.41) is 6.60. The lowest BCUT2D eigenvalue weighted by atomic mass is 10.1. The number of rotatable bonds is 4. The maximum Gasteiger partial charge on any atom is 0.410 e. The zero-order chi connectivity index (χ0) is 16.0. The van der Waals surface area contributed by atoms with Crippen molar-refractivity contribution in [2.24, 2.45) is 10.9 Å². The highest BCUT2D eigenvalue weighted by atomic mass is 16.6. The van der Waals surface area contributed by atoms with Gasteiger partial charge in [0.1, 0.15) is 5.60 Å². The van der Waals surface area contributed by atoms with E-state index in [1.54, 1.807) is 11.9 Å². The summed E-state index contributed by atoms with van der Waals surface area (Å²) in [6.07, 6.45) is 0.860. The molecule has 1 heterocycles. The molecule has 0 aromatic carbocycles. The zero-order valence-electron chi connectivity index (χ0n) is 14.2. The number of amides is 1. The van der Waals surface area contributed by atoms with E-state index < -0.39 is 5.60 Å². The lowest BCUT2D eigenvalue weighted by Gasteiger charge is -2.40. The minimum Gasteiger partial charge on any atom is -0.444 e. The smallest absolute Gasteiger partial charge is 0.410 e. The van der Waals surface area contributed by atoms with Gasteiger partial charge in [0, 0.05) is 26.7 Å². The summed E-state index contributed by atoms with van der Waals surface area (Å²) >= 11 is 0. The number of nitrogens with zero attached hydrogens (tertiary/aromatic N) is 2. The Kier molecular flexibility index (Phi) is 6.30. The van der Waals surface area contributed by atoms with E-state index in [9.17, 15) is 4.79 Å². The van der Waals surface area contributed by atoms with Crippen LogP contribution in [-0.2, 0) is 4.74 Å². The fraction of sp³-hybridized carbons (Fsp3) is 0.867. The van der Waals surface area contributed by atoms with Crippen LogP contribution in [0, 0.1) is 5.92 Å². The molecule has 0 aromatic heterocycles. The molecule has 2 N–H and O–H groups in total. The van der Waals surface area contributed by atoms with Crippen molar-refractivity contribution in [3.05, 3.63) is 0 Å². The van der Waals surface area contributed by atoms with E-state index in [-0.39, 0.29) is 12.1 Å². The lowest BCUT2D eigenvalue weighted by Crippen LogP contribution is -2.63. The van der Waals surface area contributed by atoms with E-state index in [4.69, 9.17) is 4.74 Å². The van der Waals surface area contributed by atoms with Crippen LogP contribution >= 0.6 is 0 Å². The molecule has 0 unspecified atom stereocenters. The monoisotopic (exact) mass is 298 g/mol. The Morgan fingerprint density at radius 3 is 2.48 bits per heavy atom. The Morgan fingerprint density at radius 2 is 2.00 bits per heavy atom. The summed E-state index contributed by atoms with van der Waals surface area (Å²) in [6, 6.07) is 0.239. The molecule has 1 fully saturated rings. The first-order valence-corrected chi connectivity index (χ1v) is 7.66. The predicted molar refractivity (Wildman–Crippen MR) is 85.5 cm³/mol. The summed E-state index contributed by atoms with van der Waals surface area (Å²) in [5.41, 5.74) is -0.440. The highest BCUT2D eigenvalue weighted by Gasteiger charge is 2.34. The van der Waals surface area contributed by atoms with E-state index in [1.165, 1.54) is 0 Å². The van der Waals surface area contributed by atoms with E-state index in [1.807, 2.05) is 20.8 Å². The average molecular weight is 298 g/mol. The summed E-state index contributed by atoms with van der Waals surface area (Å²) in [4.78, 5) is 17.7. The van der Waals surface area contributed by atoms with Gasteiger partial charge in [-0.3, -0.25) is 4.99 Å². The van der Waals surface area contributed by atoms with Gasteiger partial charge >= 0.3 is 6.09 Å². The van der Waals surface area contributed by atoms with E-state index in [0.717, 1.165) is 18.9 Å². The number of ether oxygens (including phenoxy) is 1. The van der Waals surface area contributed by atoms with Crippen molar-refractivity contribution in [3.63, 3.8) is 0 Å². The van der Waals surface area contributed by atoms with Gasteiger partial charge < -0.3 is 20.3 Å². The Hall–Kier alpha value is -1.46. The second kappa shape index (κ2) is 7.52. The van der Waals surface area contributed by atoms with Crippen LogP contribution in [0.5, 0.6) is 0 Å². The van der Waals surface area contributed by atoms with Crippen molar-refractivity contribution < 1.29 is 9.53 Å². The molecule has 122 valence electrons. The SMILES string of the molecule is CN=C(NCCC(C)C)NC1CN(C(=O)OC(C)(C)C)C1. The van der Waals surface area contributed by atoms with Crippen molar-refractivity contribution >= 4 is 12.1 Å². The van der Waals surface area contributed by atoms with Crippen molar-refractivity contribution in [2.75, 3.05) is 26.7 Å². The van der Waals surface area contributed by atoms with Crippen molar-refractivity contribution in [2.45, 2.75) is 52.7 Å². The molecule has 1 aliphatic heterocycles. The molecule has 1 aliphatic rings. The predicted octanol–water partition coefficient (Wildman–Crippen LogP) is 1.82. The largest absolute Gasteiger partial charge is 0.444 e. The zero-order valence-corrected chi connectivity index (χ0v) is 14.2. The molecule has 6 heteroatoms. The topological polar surface area (TPSA) is 66.0 Å². The number of hydrogen-bond donors (Lipinski definition) is 2. The van der Waals surface area contributed by atoms with E-state index in [2.05, 4.69) is 29.5 Å². The molecule has 0 aliphatic carbocycles. The minimum atomic E-state index is -0.440. The Morgan fingerprint density at radius 1 is 1.38 bits per heavy atom. The van der Waals surface area contributed by atoms with Crippen molar-refractivity contribution in [3.8, 4) is 0 Å². The number of carbonyl (C=O) groups excluding carboxylic acids is 1. The first-order valence-electron chi connectivity index (χ1n) is 7.66. The minimum absolute atomic E-state index is 0.239. The van der Waals surface area contributed by atoms with Crippen LogP contribution in [0.25, 0.3) is 0 Å². The molecule has 0 radical (unpaired) electrons. The van der Waals surface area contributed by atoms with E-state index in [0.29, 0.717) is 19.0 Å². The van der Waals surface area contributed by atoms with Crippen LogP contribution in [0.15, 0.2) is 4.99 Å². The van der Waals surface area contributed by atoms with Gasteiger partial charge in [-0.1, -0.05) is 13.8 Å². The number of guanidine groups is 1. The fourth-order valence-corrected chi connectivity index (χ4v) is 1.91. The van der Waals surface area contributed by atoms with Gasteiger partial charge in [0.25, 0.3) is 0 Å². The van der Waals surface area contributed by atoms with Gasteiger partial charge in [0.05, 0.1) is 6.04 Å². The molecule has 1 amide bonds. The van der Waals surface area contributed by atoms with Gasteiger partial charge in [-0.05, 0) is 33.1 Å². The summed E-state index contributed by atoms with van der Waals surface area (Å²) in [5.74, 6) is 1.46. The standard InChI is InChI=1S/C15H30N4O2/c1-11(2)7-8-17-13(16-6)18-12-9-19(10-12)14(20)21-15(3,4)5/h11-12H,7-10H2,1-6H3,(H2,16,17,18). The number of likely N-dealkylation sites (tertiary alicyclic amines) is 1. The fourth-order valence-electron chi connectivity index (χ4n) is 1.91. The number of carbonyl (C=O) groups is 1. The quantitative estimate of drug-likeness (QED) is 0.614. The van der Waals surface area contributed by atoms with Crippen molar-refractivity contribution in [1.29, 1.82) is 0 Å². The molecular formula is C15H30N4O2. The van der Waals surface area contributed by atoms with E-state index >= 15 is 0 Å². The average Bonchev–Trinajstić information content (AvgIpc) is 2.27. The number of hydrogen-bond acceptors (Lipinski definition) is 3. The van der Waals surface area contributed by atoms with Crippen LogP contribution in [0.3, 0.4) is 0 Å². The third kappa shape index (κ3) is 6.69. The molecule has 1 saturated heterocycles. The molecule has 0 atom stereocenters. The maximum absolute atomic E-state index is 11.8.